The Hall–Kier alpha value is -1.76. The molecule has 118 valence electrons. The molecule has 0 amide bonds. The predicted octanol–water partition coefficient (Wildman–Crippen LogP) is 1.22. The largest absolute Gasteiger partial charge is 0.396 e. The highest BCUT2D eigenvalue weighted by Gasteiger charge is 2.27. The Morgan fingerprint density at radius 1 is 1.32 bits per heavy atom. The molecule has 1 aromatic carbocycles. The molecule has 1 aliphatic rings. The average molecular weight is 303 g/mol. The van der Waals surface area contributed by atoms with Crippen LogP contribution in [0.2, 0.25) is 0 Å². The monoisotopic (exact) mass is 303 g/mol. The van der Waals surface area contributed by atoms with E-state index in [1.54, 1.807) is 0 Å². The van der Waals surface area contributed by atoms with Crippen LogP contribution in [0.1, 0.15) is 17.9 Å². The van der Waals surface area contributed by atoms with Gasteiger partial charge in [0.2, 0.25) is 11.7 Å². The number of aromatic nitrogens is 2. The summed E-state index contributed by atoms with van der Waals surface area (Å²) in [6.07, 6.45) is 0.273. The van der Waals surface area contributed by atoms with Crippen LogP contribution in [0.25, 0.3) is 11.4 Å². The molecule has 0 spiro atoms. The number of likely N-dealkylation sites (tertiary alicyclic amines) is 1. The normalized spacial score (nSPS) is 22.9. The van der Waals surface area contributed by atoms with Gasteiger partial charge in [-0.1, -0.05) is 35.0 Å². The molecule has 2 N–H and O–H groups in total. The van der Waals surface area contributed by atoms with Gasteiger partial charge in [-0.15, -0.1) is 0 Å². The van der Waals surface area contributed by atoms with Crippen molar-refractivity contribution in [3.63, 3.8) is 0 Å². The van der Waals surface area contributed by atoms with E-state index in [-0.39, 0.29) is 12.5 Å². The van der Waals surface area contributed by atoms with Crippen LogP contribution >= 0.6 is 0 Å². The first-order valence-corrected chi connectivity index (χ1v) is 7.56. The molecule has 2 atom stereocenters. The molecule has 3 rings (SSSR count). The second-order valence-electron chi connectivity index (χ2n) is 5.91. The first-order chi connectivity index (χ1) is 10.7. The quantitative estimate of drug-likeness (QED) is 0.884. The van der Waals surface area contributed by atoms with E-state index in [2.05, 4.69) is 15.0 Å². The molecular weight excluding hydrogens is 282 g/mol. The Balaban J connectivity index is 1.64. The summed E-state index contributed by atoms with van der Waals surface area (Å²) in [5.41, 5.74) is 2.12. The highest BCUT2D eigenvalue weighted by Crippen LogP contribution is 2.20. The summed E-state index contributed by atoms with van der Waals surface area (Å²) in [4.78, 5) is 6.49. The summed E-state index contributed by atoms with van der Waals surface area (Å²) in [7, 11) is 0. The van der Waals surface area contributed by atoms with Gasteiger partial charge < -0.3 is 14.7 Å². The van der Waals surface area contributed by atoms with Gasteiger partial charge in [0.25, 0.3) is 0 Å². The SMILES string of the molecule is Cc1ccc(-c2noc(CN3CC[C@H](CO)[C@H](O)C3)n2)cc1. The number of nitrogens with zero attached hydrogens (tertiary/aromatic N) is 3. The van der Waals surface area contributed by atoms with Gasteiger partial charge in [-0.2, -0.15) is 4.98 Å². The van der Waals surface area contributed by atoms with Crippen LogP contribution in [-0.4, -0.2) is 51.1 Å². The van der Waals surface area contributed by atoms with Crippen molar-refractivity contribution in [1.82, 2.24) is 15.0 Å². The second-order valence-corrected chi connectivity index (χ2v) is 5.91. The summed E-state index contributed by atoms with van der Waals surface area (Å²) in [6.45, 7) is 3.92. The van der Waals surface area contributed by atoms with Crippen molar-refractivity contribution < 1.29 is 14.7 Å². The Bertz CT molecular complexity index is 611. The van der Waals surface area contributed by atoms with Crippen molar-refractivity contribution in [3.8, 4) is 11.4 Å². The molecule has 0 bridgehead atoms. The van der Waals surface area contributed by atoms with Crippen molar-refractivity contribution in [1.29, 1.82) is 0 Å². The van der Waals surface area contributed by atoms with E-state index in [9.17, 15) is 5.11 Å². The van der Waals surface area contributed by atoms with E-state index in [0.717, 1.165) is 18.5 Å². The summed E-state index contributed by atoms with van der Waals surface area (Å²) < 4.78 is 5.31. The minimum Gasteiger partial charge on any atom is -0.396 e. The van der Waals surface area contributed by atoms with Gasteiger partial charge in [-0.3, -0.25) is 4.90 Å². The van der Waals surface area contributed by atoms with Gasteiger partial charge in [0.05, 0.1) is 12.6 Å². The zero-order valence-electron chi connectivity index (χ0n) is 12.6. The molecule has 1 fully saturated rings. The number of aryl methyl sites for hydroxylation is 1. The molecule has 0 radical (unpaired) electrons. The zero-order valence-corrected chi connectivity index (χ0v) is 12.6. The van der Waals surface area contributed by atoms with Crippen molar-refractivity contribution >= 4 is 0 Å². The van der Waals surface area contributed by atoms with Crippen LogP contribution in [0.4, 0.5) is 0 Å². The second kappa shape index (κ2) is 6.56. The molecule has 6 heteroatoms. The van der Waals surface area contributed by atoms with Gasteiger partial charge in [0.1, 0.15) is 0 Å². The minimum absolute atomic E-state index is 0.0259. The van der Waals surface area contributed by atoms with Crippen LogP contribution in [0.15, 0.2) is 28.8 Å². The molecule has 0 saturated carbocycles. The maximum Gasteiger partial charge on any atom is 0.241 e. The topological polar surface area (TPSA) is 82.6 Å². The Kier molecular flexibility index (Phi) is 4.52. The van der Waals surface area contributed by atoms with Crippen LogP contribution in [0.5, 0.6) is 0 Å². The van der Waals surface area contributed by atoms with Gasteiger partial charge in [-0.05, 0) is 19.9 Å². The zero-order chi connectivity index (χ0) is 15.5. The smallest absolute Gasteiger partial charge is 0.241 e. The first-order valence-electron chi connectivity index (χ1n) is 7.56. The lowest BCUT2D eigenvalue weighted by atomic mass is 9.95. The number of β-amino-alcohol motifs (C(OH)–C–C–N with tert-alkyl or cyclic N) is 1. The lowest BCUT2D eigenvalue weighted by molar-refractivity contribution is -0.00716. The fourth-order valence-corrected chi connectivity index (χ4v) is 2.73. The average Bonchev–Trinajstić information content (AvgIpc) is 2.97. The third-order valence-corrected chi connectivity index (χ3v) is 4.18. The van der Waals surface area contributed by atoms with Crippen molar-refractivity contribution in [3.05, 3.63) is 35.7 Å². The molecule has 1 aliphatic heterocycles. The van der Waals surface area contributed by atoms with E-state index in [1.807, 2.05) is 31.2 Å². The summed E-state index contributed by atoms with van der Waals surface area (Å²) in [6, 6.07) is 7.98. The van der Waals surface area contributed by atoms with E-state index < -0.39 is 6.10 Å². The molecular formula is C16H21N3O3. The lowest BCUT2D eigenvalue weighted by Crippen LogP contribution is -2.44. The number of hydrogen-bond donors (Lipinski definition) is 2. The standard InChI is InChI=1S/C16H21N3O3/c1-11-2-4-12(5-3-11)16-17-15(22-18-16)9-19-7-6-13(10-20)14(21)8-19/h2-5,13-14,20-21H,6-10H2,1H3/t13-,14-/m1/s1. The lowest BCUT2D eigenvalue weighted by Gasteiger charge is -2.34. The Morgan fingerprint density at radius 2 is 2.09 bits per heavy atom. The van der Waals surface area contributed by atoms with Crippen molar-refractivity contribution in [2.75, 3.05) is 19.7 Å². The Morgan fingerprint density at radius 3 is 2.77 bits per heavy atom. The van der Waals surface area contributed by atoms with Gasteiger partial charge in [-0.25, -0.2) is 0 Å². The molecule has 22 heavy (non-hydrogen) atoms. The fraction of sp³-hybridized carbons (Fsp3) is 0.500. The summed E-state index contributed by atoms with van der Waals surface area (Å²) in [5, 5.41) is 23.1. The molecule has 6 nitrogen and oxygen atoms in total. The molecule has 0 aliphatic carbocycles. The minimum atomic E-state index is -0.502. The number of piperidine rings is 1. The molecule has 2 heterocycles. The summed E-state index contributed by atoms with van der Waals surface area (Å²) in [5.74, 6) is 1.10. The van der Waals surface area contributed by atoms with E-state index in [4.69, 9.17) is 9.63 Å². The Labute approximate surface area is 129 Å². The number of rotatable bonds is 4. The first kappa shape index (κ1) is 15.1. The van der Waals surface area contributed by atoms with Crippen LogP contribution in [0.3, 0.4) is 0 Å². The van der Waals surface area contributed by atoms with E-state index in [0.29, 0.717) is 24.8 Å². The van der Waals surface area contributed by atoms with Crippen molar-refractivity contribution in [2.45, 2.75) is 26.0 Å². The van der Waals surface area contributed by atoms with Crippen LogP contribution in [0, 0.1) is 12.8 Å². The molecule has 2 aromatic rings. The van der Waals surface area contributed by atoms with Crippen molar-refractivity contribution in [2.24, 2.45) is 5.92 Å². The van der Waals surface area contributed by atoms with Gasteiger partial charge in [0.15, 0.2) is 0 Å². The highest BCUT2D eigenvalue weighted by atomic mass is 16.5. The number of benzene rings is 1. The number of hydrogen-bond acceptors (Lipinski definition) is 6. The third-order valence-electron chi connectivity index (χ3n) is 4.18. The maximum absolute atomic E-state index is 9.96. The molecule has 0 unspecified atom stereocenters. The van der Waals surface area contributed by atoms with Crippen LogP contribution < -0.4 is 0 Å². The third kappa shape index (κ3) is 3.35. The van der Waals surface area contributed by atoms with Crippen LogP contribution in [-0.2, 0) is 6.54 Å². The number of aliphatic hydroxyl groups excluding tert-OH is 2. The van der Waals surface area contributed by atoms with Gasteiger partial charge >= 0.3 is 0 Å². The van der Waals surface area contributed by atoms with E-state index in [1.165, 1.54) is 5.56 Å². The molecule has 1 saturated heterocycles. The fourth-order valence-electron chi connectivity index (χ4n) is 2.73. The van der Waals surface area contributed by atoms with E-state index >= 15 is 0 Å². The predicted molar refractivity (Wildman–Crippen MR) is 80.9 cm³/mol. The number of aliphatic hydroxyl groups is 2. The highest BCUT2D eigenvalue weighted by molar-refractivity contribution is 5.54. The van der Waals surface area contributed by atoms with Gasteiger partial charge in [0, 0.05) is 24.6 Å². The maximum atomic E-state index is 9.96. The molecule has 1 aromatic heterocycles. The summed E-state index contributed by atoms with van der Waals surface area (Å²) >= 11 is 0.